The van der Waals surface area contributed by atoms with Gasteiger partial charge in [0.25, 0.3) is 5.91 Å². The smallest absolute Gasteiger partial charge is 0.359 e. The lowest BCUT2D eigenvalue weighted by molar-refractivity contribution is -0.124. The Balaban J connectivity index is 1.97. The number of carbonyl (C=O) groups is 2. The van der Waals surface area contributed by atoms with E-state index in [-0.39, 0.29) is 24.2 Å². The second-order valence-corrected chi connectivity index (χ2v) is 5.33. The van der Waals surface area contributed by atoms with Gasteiger partial charge in [-0.3, -0.25) is 9.89 Å². The van der Waals surface area contributed by atoms with Gasteiger partial charge in [0.15, 0.2) is 12.3 Å². The van der Waals surface area contributed by atoms with Crippen LogP contribution >= 0.6 is 0 Å². The van der Waals surface area contributed by atoms with Crippen molar-refractivity contribution in [3.63, 3.8) is 0 Å². The van der Waals surface area contributed by atoms with Crippen molar-refractivity contribution in [3.8, 4) is 11.3 Å². The zero-order chi connectivity index (χ0) is 16.1. The number of esters is 1. The van der Waals surface area contributed by atoms with Gasteiger partial charge in [-0.1, -0.05) is 29.8 Å². The fraction of sp³-hybridized carbons (Fsp3) is 0.312. The molecule has 0 aliphatic carbocycles. The molecule has 2 rings (SSSR count). The van der Waals surface area contributed by atoms with Crippen molar-refractivity contribution in [3.05, 3.63) is 41.6 Å². The van der Waals surface area contributed by atoms with Gasteiger partial charge in [0.2, 0.25) is 0 Å². The highest BCUT2D eigenvalue weighted by Gasteiger charge is 2.14. The fourth-order valence-electron chi connectivity index (χ4n) is 1.88. The zero-order valence-corrected chi connectivity index (χ0v) is 12.8. The Morgan fingerprint density at radius 2 is 1.95 bits per heavy atom. The first kappa shape index (κ1) is 15.8. The number of carbonyl (C=O) groups excluding carboxylic acids is 2. The van der Waals surface area contributed by atoms with E-state index in [1.165, 1.54) is 0 Å². The molecule has 1 amide bonds. The number of benzene rings is 1. The Bertz CT molecular complexity index is 660. The molecule has 2 N–H and O–H groups in total. The van der Waals surface area contributed by atoms with E-state index in [4.69, 9.17) is 4.74 Å². The van der Waals surface area contributed by atoms with E-state index in [0.717, 1.165) is 16.8 Å². The van der Waals surface area contributed by atoms with Crippen LogP contribution in [0.2, 0.25) is 0 Å². The molecule has 0 unspecified atom stereocenters. The summed E-state index contributed by atoms with van der Waals surface area (Å²) in [7, 11) is 0. The first-order valence-electron chi connectivity index (χ1n) is 7.04. The van der Waals surface area contributed by atoms with E-state index < -0.39 is 5.97 Å². The first-order valence-corrected chi connectivity index (χ1v) is 7.04. The van der Waals surface area contributed by atoms with Crippen LogP contribution in [0.3, 0.4) is 0 Å². The molecule has 2 aromatic rings. The van der Waals surface area contributed by atoms with Gasteiger partial charge in [-0.05, 0) is 32.4 Å². The summed E-state index contributed by atoms with van der Waals surface area (Å²) in [6.45, 7) is 5.36. The molecule has 0 bridgehead atoms. The van der Waals surface area contributed by atoms with Gasteiger partial charge in [0.1, 0.15) is 0 Å². The number of nitrogens with one attached hydrogen (secondary N) is 2. The van der Waals surface area contributed by atoms with Crippen molar-refractivity contribution in [1.82, 2.24) is 15.5 Å². The molecular formula is C16H19N3O3. The van der Waals surface area contributed by atoms with Crippen LogP contribution in [0.15, 0.2) is 30.3 Å². The number of hydrogen-bond donors (Lipinski definition) is 2. The van der Waals surface area contributed by atoms with Gasteiger partial charge in [0.05, 0.1) is 5.69 Å². The van der Waals surface area contributed by atoms with Gasteiger partial charge < -0.3 is 10.1 Å². The second-order valence-electron chi connectivity index (χ2n) is 5.33. The summed E-state index contributed by atoms with van der Waals surface area (Å²) in [6, 6.07) is 9.44. The third-order valence-corrected chi connectivity index (χ3v) is 2.93. The van der Waals surface area contributed by atoms with Crippen LogP contribution in [0, 0.1) is 6.92 Å². The summed E-state index contributed by atoms with van der Waals surface area (Å²) in [5, 5.41) is 9.35. The van der Waals surface area contributed by atoms with E-state index in [2.05, 4.69) is 15.5 Å². The molecule has 6 heteroatoms. The normalized spacial score (nSPS) is 10.5. The molecule has 1 heterocycles. The van der Waals surface area contributed by atoms with Gasteiger partial charge in [-0.25, -0.2) is 4.79 Å². The summed E-state index contributed by atoms with van der Waals surface area (Å²) >= 11 is 0. The molecule has 0 radical (unpaired) electrons. The highest BCUT2D eigenvalue weighted by atomic mass is 16.5. The van der Waals surface area contributed by atoms with Gasteiger partial charge in [0, 0.05) is 6.04 Å². The Morgan fingerprint density at radius 3 is 2.59 bits per heavy atom. The highest BCUT2D eigenvalue weighted by Crippen LogP contribution is 2.18. The molecule has 116 valence electrons. The Hall–Kier alpha value is -2.63. The van der Waals surface area contributed by atoms with E-state index in [1.807, 2.05) is 45.0 Å². The molecular weight excluding hydrogens is 282 g/mol. The Morgan fingerprint density at radius 1 is 1.27 bits per heavy atom. The van der Waals surface area contributed by atoms with E-state index in [9.17, 15) is 9.59 Å². The standard InChI is InChI=1S/C16H19N3O3/c1-10(2)17-15(20)9-22-16(21)14-8-13(18-19-14)12-6-4-11(3)5-7-12/h4-8,10H,9H2,1-3H3,(H,17,20)(H,18,19). The number of amides is 1. The number of rotatable bonds is 5. The quantitative estimate of drug-likeness (QED) is 0.828. The Labute approximate surface area is 128 Å². The van der Waals surface area contributed by atoms with Crippen LogP contribution < -0.4 is 5.32 Å². The van der Waals surface area contributed by atoms with Gasteiger partial charge in [-0.2, -0.15) is 5.10 Å². The van der Waals surface area contributed by atoms with Crippen molar-refractivity contribution in [2.45, 2.75) is 26.8 Å². The average molecular weight is 301 g/mol. The minimum atomic E-state index is -0.631. The van der Waals surface area contributed by atoms with E-state index in [0.29, 0.717) is 0 Å². The lowest BCUT2D eigenvalue weighted by Crippen LogP contribution is -2.34. The number of aromatic nitrogens is 2. The largest absolute Gasteiger partial charge is 0.451 e. The van der Waals surface area contributed by atoms with Crippen molar-refractivity contribution in [2.75, 3.05) is 6.61 Å². The SMILES string of the molecule is Cc1ccc(-c2cc(C(=O)OCC(=O)NC(C)C)n[nH]2)cc1. The fourth-order valence-corrected chi connectivity index (χ4v) is 1.88. The number of ether oxygens (including phenoxy) is 1. The molecule has 0 spiro atoms. The van der Waals surface area contributed by atoms with E-state index in [1.54, 1.807) is 6.07 Å². The molecule has 22 heavy (non-hydrogen) atoms. The number of hydrogen-bond acceptors (Lipinski definition) is 4. The lowest BCUT2D eigenvalue weighted by atomic mass is 10.1. The van der Waals surface area contributed by atoms with Crippen LogP contribution in [0.25, 0.3) is 11.3 Å². The van der Waals surface area contributed by atoms with Gasteiger partial charge >= 0.3 is 5.97 Å². The molecule has 1 aromatic carbocycles. The molecule has 0 saturated heterocycles. The van der Waals surface area contributed by atoms with Crippen LogP contribution in [-0.2, 0) is 9.53 Å². The third kappa shape index (κ3) is 4.18. The Kier molecular flexibility index (Phi) is 4.93. The highest BCUT2D eigenvalue weighted by molar-refractivity contribution is 5.90. The topological polar surface area (TPSA) is 84.1 Å². The maximum absolute atomic E-state index is 11.8. The van der Waals surface area contributed by atoms with Gasteiger partial charge in [-0.15, -0.1) is 0 Å². The molecule has 0 aliphatic heterocycles. The summed E-state index contributed by atoms with van der Waals surface area (Å²) < 4.78 is 4.93. The zero-order valence-electron chi connectivity index (χ0n) is 12.8. The molecule has 0 atom stereocenters. The number of aromatic amines is 1. The minimum absolute atomic E-state index is 0.00438. The predicted molar refractivity (Wildman–Crippen MR) is 82.3 cm³/mol. The van der Waals surface area contributed by atoms with Crippen molar-refractivity contribution < 1.29 is 14.3 Å². The summed E-state index contributed by atoms with van der Waals surface area (Å²) in [5.41, 5.74) is 2.94. The third-order valence-electron chi connectivity index (χ3n) is 2.93. The van der Waals surface area contributed by atoms with E-state index >= 15 is 0 Å². The summed E-state index contributed by atoms with van der Waals surface area (Å²) in [4.78, 5) is 23.3. The number of aryl methyl sites for hydroxylation is 1. The molecule has 6 nitrogen and oxygen atoms in total. The maximum atomic E-state index is 11.8. The maximum Gasteiger partial charge on any atom is 0.359 e. The van der Waals surface area contributed by atoms with Crippen molar-refractivity contribution in [2.24, 2.45) is 0 Å². The lowest BCUT2D eigenvalue weighted by Gasteiger charge is -2.07. The number of H-pyrrole nitrogens is 1. The van der Waals surface area contributed by atoms with Crippen LogP contribution in [-0.4, -0.2) is 34.7 Å². The van der Waals surface area contributed by atoms with Crippen molar-refractivity contribution >= 4 is 11.9 Å². The van der Waals surface area contributed by atoms with Crippen LogP contribution in [0.5, 0.6) is 0 Å². The second kappa shape index (κ2) is 6.89. The molecule has 0 fully saturated rings. The molecule has 1 aromatic heterocycles. The van der Waals surface area contributed by atoms with Crippen molar-refractivity contribution in [1.29, 1.82) is 0 Å². The monoisotopic (exact) mass is 301 g/mol. The number of nitrogens with zero attached hydrogens (tertiary/aromatic N) is 1. The predicted octanol–water partition coefficient (Wildman–Crippen LogP) is 2.07. The first-order chi connectivity index (χ1) is 10.5. The average Bonchev–Trinajstić information content (AvgIpc) is 2.94. The van der Waals surface area contributed by atoms with Crippen LogP contribution in [0.4, 0.5) is 0 Å². The molecule has 0 aliphatic rings. The van der Waals surface area contributed by atoms with Crippen LogP contribution in [0.1, 0.15) is 29.9 Å². The molecule has 0 saturated carbocycles. The summed E-state index contributed by atoms with van der Waals surface area (Å²) in [5.74, 6) is -0.967. The minimum Gasteiger partial charge on any atom is -0.451 e. The summed E-state index contributed by atoms with van der Waals surface area (Å²) in [6.07, 6.45) is 0.